The van der Waals surface area contributed by atoms with E-state index in [-0.39, 0.29) is 5.91 Å². The van der Waals surface area contributed by atoms with Crippen LogP contribution < -0.4 is 10.6 Å². The van der Waals surface area contributed by atoms with E-state index in [0.29, 0.717) is 24.5 Å². The Labute approximate surface area is 124 Å². The summed E-state index contributed by atoms with van der Waals surface area (Å²) in [4.78, 5) is 14.7. The molecule has 2 N–H and O–H groups in total. The molecule has 0 fully saturated rings. The number of rotatable bonds is 3. The molecule has 5 heteroatoms. The second-order valence-corrected chi connectivity index (χ2v) is 5.29. The molecule has 0 saturated heterocycles. The Morgan fingerprint density at radius 2 is 2.14 bits per heavy atom. The molecule has 3 rings (SSSR count). The van der Waals surface area contributed by atoms with Crippen LogP contribution in [0.1, 0.15) is 35.6 Å². The third-order valence-electron chi connectivity index (χ3n) is 3.96. The Morgan fingerprint density at radius 3 is 2.86 bits per heavy atom. The topological polar surface area (TPSA) is 64.2 Å². The average Bonchev–Trinajstić information content (AvgIpc) is 3.09. The number of aromatic nitrogens is 2. The van der Waals surface area contributed by atoms with Gasteiger partial charge in [-0.05, 0) is 43.5 Å². The highest BCUT2D eigenvalue weighted by Gasteiger charge is 2.28. The number of nitrogens with two attached hydrogens (primary N) is 1. The van der Waals surface area contributed by atoms with Crippen molar-refractivity contribution in [3.8, 4) is 0 Å². The number of anilines is 2. The molecule has 1 aromatic heterocycles. The van der Waals surface area contributed by atoms with E-state index in [1.165, 1.54) is 5.56 Å². The molecule has 0 saturated carbocycles. The first-order chi connectivity index (χ1) is 10.1. The summed E-state index contributed by atoms with van der Waals surface area (Å²) in [5, 5.41) is 4.46. The average molecular weight is 284 g/mol. The maximum Gasteiger partial charge on any atom is 0.276 e. The van der Waals surface area contributed by atoms with Gasteiger partial charge in [-0.2, -0.15) is 5.10 Å². The van der Waals surface area contributed by atoms with Gasteiger partial charge < -0.3 is 10.6 Å². The minimum atomic E-state index is 0.00778. The molecule has 110 valence electrons. The van der Waals surface area contributed by atoms with Crippen LogP contribution in [0.4, 0.5) is 11.4 Å². The lowest BCUT2D eigenvalue weighted by Gasteiger charge is -2.18. The highest BCUT2D eigenvalue weighted by molar-refractivity contribution is 6.06. The van der Waals surface area contributed by atoms with Gasteiger partial charge in [0.25, 0.3) is 5.91 Å². The lowest BCUT2D eigenvalue weighted by molar-refractivity contribution is 0.0979. The lowest BCUT2D eigenvalue weighted by Crippen LogP contribution is -2.31. The van der Waals surface area contributed by atoms with Crippen LogP contribution >= 0.6 is 0 Å². The third-order valence-corrected chi connectivity index (χ3v) is 3.96. The molecule has 1 aromatic carbocycles. The van der Waals surface area contributed by atoms with Gasteiger partial charge >= 0.3 is 0 Å². The summed E-state index contributed by atoms with van der Waals surface area (Å²) in [5.41, 5.74) is 10.3. The van der Waals surface area contributed by atoms with E-state index in [4.69, 9.17) is 5.73 Å². The highest BCUT2D eigenvalue weighted by atomic mass is 16.2. The predicted octanol–water partition coefficient (Wildman–Crippen LogP) is 2.25. The van der Waals surface area contributed by atoms with Gasteiger partial charge in [0.1, 0.15) is 5.69 Å². The molecule has 2 heterocycles. The number of nitrogen functional groups attached to an aromatic ring is 1. The van der Waals surface area contributed by atoms with Crippen LogP contribution in [0, 0.1) is 0 Å². The Kier molecular flexibility index (Phi) is 3.41. The fourth-order valence-electron chi connectivity index (χ4n) is 2.80. The summed E-state index contributed by atoms with van der Waals surface area (Å²) < 4.78 is 1.78. The monoisotopic (exact) mass is 284 g/mol. The summed E-state index contributed by atoms with van der Waals surface area (Å²) in [5.74, 6) is 0.00778. The summed E-state index contributed by atoms with van der Waals surface area (Å²) >= 11 is 0. The molecule has 0 atom stereocenters. The molecule has 2 aromatic rings. The van der Waals surface area contributed by atoms with Crippen molar-refractivity contribution in [1.29, 1.82) is 0 Å². The standard InChI is InChI=1S/C16H20N4O/c1-3-13-10-15(20(4-2)18-13)16(21)19-8-7-11-5-6-12(17)9-14(11)19/h5-6,9-10H,3-4,7-8,17H2,1-2H3. The smallest absolute Gasteiger partial charge is 0.276 e. The SMILES string of the molecule is CCc1cc(C(=O)N2CCc3ccc(N)cc32)n(CC)n1. The van der Waals surface area contributed by atoms with Crippen LogP contribution in [-0.4, -0.2) is 22.2 Å². The van der Waals surface area contributed by atoms with E-state index in [1.54, 1.807) is 4.68 Å². The zero-order valence-corrected chi connectivity index (χ0v) is 12.5. The molecule has 1 aliphatic rings. The number of hydrogen-bond acceptors (Lipinski definition) is 3. The Morgan fingerprint density at radius 1 is 1.33 bits per heavy atom. The van der Waals surface area contributed by atoms with E-state index in [1.807, 2.05) is 43.0 Å². The molecular formula is C16H20N4O. The van der Waals surface area contributed by atoms with Crippen molar-refractivity contribution in [3.05, 3.63) is 41.2 Å². The zero-order chi connectivity index (χ0) is 15.0. The number of aryl methyl sites for hydroxylation is 2. The van der Waals surface area contributed by atoms with Crippen molar-refractivity contribution in [2.24, 2.45) is 0 Å². The van der Waals surface area contributed by atoms with E-state index in [9.17, 15) is 4.79 Å². The maximum atomic E-state index is 12.9. The second-order valence-electron chi connectivity index (χ2n) is 5.29. The van der Waals surface area contributed by atoms with Gasteiger partial charge in [-0.3, -0.25) is 9.48 Å². The van der Waals surface area contributed by atoms with Gasteiger partial charge in [0.05, 0.1) is 5.69 Å². The van der Waals surface area contributed by atoms with Gasteiger partial charge in [0, 0.05) is 24.5 Å². The molecule has 1 amide bonds. The molecule has 5 nitrogen and oxygen atoms in total. The van der Waals surface area contributed by atoms with Crippen molar-refractivity contribution in [2.45, 2.75) is 33.2 Å². The largest absolute Gasteiger partial charge is 0.399 e. The van der Waals surface area contributed by atoms with Crippen molar-refractivity contribution in [3.63, 3.8) is 0 Å². The van der Waals surface area contributed by atoms with E-state index in [0.717, 1.165) is 24.2 Å². The van der Waals surface area contributed by atoms with Crippen molar-refractivity contribution < 1.29 is 4.79 Å². The van der Waals surface area contributed by atoms with Crippen LogP contribution in [-0.2, 0) is 19.4 Å². The Hall–Kier alpha value is -2.30. The number of hydrogen-bond donors (Lipinski definition) is 1. The molecule has 0 unspecified atom stereocenters. The maximum absolute atomic E-state index is 12.9. The van der Waals surface area contributed by atoms with E-state index >= 15 is 0 Å². The Bertz CT molecular complexity index is 690. The normalized spacial score (nSPS) is 13.5. The highest BCUT2D eigenvalue weighted by Crippen LogP contribution is 2.31. The lowest BCUT2D eigenvalue weighted by atomic mass is 10.1. The van der Waals surface area contributed by atoms with Gasteiger partial charge in [-0.1, -0.05) is 13.0 Å². The number of fused-ring (bicyclic) bond motifs is 1. The number of carbonyl (C=O) groups excluding carboxylic acids is 1. The number of nitrogens with zero attached hydrogens (tertiary/aromatic N) is 3. The van der Waals surface area contributed by atoms with E-state index < -0.39 is 0 Å². The predicted molar refractivity (Wildman–Crippen MR) is 83.5 cm³/mol. The number of amides is 1. The minimum absolute atomic E-state index is 0.00778. The number of benzene rings is 1. The minimum Gasteiger partial charge on any atom is -0.399 e. The summed E-state index contributed by atoms with van der Waals surface area (Å²) in [6.45, 7) is 5.44. The summed E-state index contributed by atoms with van der Waals surface area (Å²) in [6, 6.07) is 7.68. The quantitative estimate of drug-likeness (QED) is 0.879. The first-order valence-corrected chi connectivity index (χ1v) is 7.41. The summed E-state index contributed by atoms with van der Waals surface area (Å²) in [6.07, 6.45) is 1.71. The van der Waals surface area contributed by atoms with Crippen molar-refractivity contribution in [2.75, 3.05) is 17.2 Å². The van der Waals surface area contributed by atoms with Gasteiger partial charge in [0.2, 0.25) is 0 Å². The van der Waals surface area contributed by atoms with Crippen LogP contribution in [0.3, 0.4) is 0 Å². The molecule has 0 spiro atoms. The molecule has 0 bridgehead atoms. The third kappa shape index (κ3) is 2.28. The molecule has 0 radical (unpaired) electrons. The van der Waals surface area contributed by atoms with Crippen molar-refractivity contribution >= 4 is 17.3 Å². The first-order valence-electron chi connectivity index (χ1n) is 7.41. The molecule has 1 aliphatic heterocycles. The Balaban J connectivity index is 1.98. The van der Waals surface area contributed by atoms with Gasteiger partial charge in [-0.25, -0.2) is 0 Å². The fraction of sp³-hybridized carbons (Fsp3) is 0.375. The van der Waals surface area contributed by atoms with Gasteiger partial charge in [0.15, 0.2) is 0 Å². The molecular weight excluding hydrogens is 264 g/mol. The second kappa shape index (κ2) is 5.24. The molecule has 0 aliphatic carbocycles. The van der Waals surface area contributed by atoms with Crippen molar-refractivity contribution in [1.82, 2.24) is 9.78 Å². The molecule has 21 heavy (non-hydrogen) atoms. The van der Waals surface area contributed by atoms with Crippen LogP contribution in [0.25, 0.3) is 0 Å². The van der Waals surface area contributed by atoms with E-state index in [2.05, 4.69) is 5.10 Å². The van der Waals surface area contributed by atoms with Crippen LogP contribution in [0.2, 0.25) is 0 Å². The van der Waals surface area contributed by atoms with Crippen LogP contribution in [0.15, 0.2) is 24.3 Å². The zero-order valence-electron chi connectivity index (χ0n) is 12.5. The fourth-order valence-corrected chi connectivity index (χ4v) is 2.80. The van der Waals surface area contributed by atoms with Gasteiger partial charge in [-0.15, -0.1) is 0 Å². The summed E-state index contributed by atoms with van der Waals surface area (Å²) in [7, 11) is 0. The first kappa shape index (κ1) is 13.7. The van der Waals surface area contributed by atoms with Crippen LogP contribution in [0.5, 0.6) is 0 Å². The number of carbonyl (C=O) groups is 1.